The summed E-state index contributed by atoms with van der Waals surface area (Å²) in [6.45, 7) is 8.10. The van der Waals surface area contributed by atoms with Crippen LogP contribution in [-0.2, 0) is 0 Å². The third-order valence-electron chi connectivity index (χ3n) is 6.56. The van der Waals surface area contributed by atoms with E-state index in [9.17, 15) is 9.18 Å². The number of hydrogen-bond acceptors (Lipinski definition) is 7. The number of amides is 2. The van der Waals surface area contributed by atoms with Gasteiger partial charge in [0.2, 0.25) is 0 Å². The summed E-state index contributed by atoms with van der Waals surface area (Å²) in [4.78, 5) is 24.4. The largest absolute Gasteiger partial charge is 0.493 e. The first-order chi connectivity index (χ1) is 19.4. The number of anilines is 3. The maximum Gasteiger partial charge on any atom is 0.323 e. The van der Waals surface area contributed by atoms with Gasteiger partial charge in [0.15, 0.2) is 17.3 Å². The van der Waals surface area contributed by atoms with E-state index in [1.165, 1.54) is 12.1 Å². The van der Waals surface area contributed by atoms with E-state index in [1.807, 2.05) is 24.3 Å². The molecule has 0 saturated carbocycles. The molecule has 0 aliphatic rings. The highest BCUT2D eigenvalue weighted by atomic mass is 19.1. The van der Waals surface area contributed by atoms with Gasteiger partial charge in [0.05, 0.1) is 25.4 Å². The van der Waals surface area contributed by atoms with E-state index in [4.69, 9.17) is 19.4 Å². The third kappa shape index (κ3) is 6.95. The molecule has 0 saturated heterocycles. The number of aromatic nitrogens is 2. The van der Waals surface area contributed by atoms with E-state index in [0.717, 1.165) is 43.5 Å². The summed E-state index contributed by atoms with van der Waals surface area (Å²) in [5, 5.41) is 9.53. The molecule has 9 nitrogen and oxygen atoms in total. The first-order valence-corrected chi connectivity index (χ1v) is 13.3. The maximum atomic E-state index is 13.9. The molecule has 4 aromatic rings. The van der Waals surface area contributed by atoms with Crippen molar-refractivity contribution in [1.82, 2.24) is 14.9 Å². The Bertz CT molecular complexity index is 1440. The van der Waals surface area contributed by atoms with E-state index in [0.29, 0.717) is 34.3 Å². The number of carbonyl (C=O) groups excluding carboxylic acids is 1. The topological polar surface area (TPSA) is 101 Å². The van der Waals surface area contributed by atoms with Crippen molar-refractivity contribution in [3.05, 3.63) is 66.5 Å². The number of para-hydroxylation sites is 1. The van der Waals surface area contributed by atoms with Crippen molar-refractivity contribution in [2.24, 2.45) is 0 Å². The van der Waals surface area contributed by atoms with Crippen LogP contribution >= 0.6 is 0 Å². The van der Waals surface area contributed by atoms with E-state index in [1.54, 1.807) is 38.5 Å². The molecule has 1 aromatic heterocycles. The summed E-state index contributed by atoms with van der Waals surface area (Å²) in [5.41, 5.74) is 2.12. The third-order valence-corrected chi connectivity index (χ3v) is 6.56. The molecule has 0 aliphatic carbocycles. The van der Waals surface area contributed by atoms with Crippen LogP contribution in [0.3, 0.4) is 0 Å². The van der Waals surface area contributed by atoms with Crippen molar-refractivity contribution in [3.63, 3.8) is 0 Å². The van der Waals surface area contributed by atoms with Gasteiger partial charge >= 0.3 is 6.03 Å². The predicted molar refractivity (Wildman–Crippen MR) is 158 cm³/mol. The van der Waals surface area contributed by atoms with Gasteiger partial charge < -0.3 is 30.3 Å². The summed E-state index contributed by atoms with van der Waals surface area (Å²) >= 11 is 0. The maximum absolute atomic E-state index is 13.9. The Labute approximate surface area is 233 Å². The quantitative estimate of drug-likeness (QED) is 0.181. The van der Waals surface area contributed by atoms with Gasteiger partial charge in [0, 0.05) is 29.2 Å². The van der Waals surface area contributed by atoms with E-state index in [-0.39, 0.29) is 5.69 Å². The summed E-state index contributed by atoms with van der Waals surface area (Å²) in [6.07, 6.45) is 0.963. The number of methoxy groups -OCH3 is 2. The lowest BCUT2D eigenvalue weighted by Gasteiger charge is -2.18. The van der Waals surface area contributed by atoms with Crippen molar-refractivity contribution in [1.29, 1.82) is 0 Å². The second-order valence-electron chi connectivity index (χ2n) is 9.06. The summed E-state index contributed by atoms with van der Waals surface area (Å²) in [6, 6.07) is 16.3. The van der Waals surface area contributed by atoms with Crippen LogP contribution in [0.2, 0.25) is 0 Å². The number of carbonyl (C=O) groups is 1. The molecule has 0 bridgehead atoms. The first kappa shape index (κ1) is 28.6. The zero-order valence-corrected chi connectivity index (χ0v) is 23.3. The van der Waals surface area contributed by atoms with Crippen molar-refractivity contribution < 1.29 is 18.7 Å². The van der Waals surface area contributed by atoms with Gasteiger partial charge in [-0.3, -0.25) is 0 Å². The number of urea groups is 1. The molecule has 0 unspecified atom stereocenters. The fourth-order valence-corrected chi connectivity index (χ4v) is 4.32. The molecule has 4 rings (SSSR count). The highest BCUT2D eigenvalue weighted by Crippen LogP contribution is 2.35. The van der Waals surface area contributed by atoms with Crippen LogP contribution in [0.15, 0.2) is 60.7 Å². The molecule has 0 atom stereocenters. The molecule has 10 heteroatoms. The second-order valence-corrected chi connectivity index (χ2v) is 9.06. The standard InChI is InChI=1S/C30H35FN6O3/c1-5-37(6-2)17-9-16-32-29-22-18-26(39-3)27(40-4)19-25(22)34-28(36-29)20-12-14-21(15-13-20)33-30(38)35-24-11-8-7-10-23(24)31/h7-8,10-15,18-19H,5-6,9,16-17H2,1-4H3,(H,32,34,36)(H2,33,35,38). The molecule has 2 amide bonds. The number of rotatable bonds is 12. The lowest BCUT2D eigenvalue weighted by Crippen LogP contribution is -2.25. The molecule has 210 valence electrons. The molecular weight excluding hydrogens is 511 g/mol. The van der Waals surface area contributed by atoms with Crippen LogP contribution in [0.5, 0.6) is 11.5 Å². The fraction of sp³-hybridized carbons (Fsp3) is 0.300. The minimum Gasteiger partial charge on any atom is -0.493 e. The van der Waals surface area contributed by atoms with Crippen LogP contribution in [0.1, 0.15) is 20.3 Å². The Kier molecular flexibility index (Phi) is 9.69. The molecule has 0 fully saturated rings. The number of halogens is 1. The van der Waals surface area contributed by atoms with Crippen molar-refractivity contribution >= 4 is 34.1 Å². The summed E-state index contributed by atoms with van der Waals surface area (Å²) in [7, 11) is 3.19. The molecule has 0 spiro atoms. The first-order valence-electron chi connectivity index (χ1n) is 13.3. The van der Waals surface area contributed by atoms with E-state index in [2.05, 4.69) is 34.7 Å². The van der Waals surface area contributed by atoms with Crippen LogP contribution in [0.25, 0.3) is 22.3 Å². The van der Waals surface area contributed by atoms with Gasteiger partial charge in [-0.15, -0.1) is 0 Å². The number of fused-ring (bicyclic) bond motifs is 1. The molecule has 3 N–H and O–H groups in total. The van der Waals surface area contributed by atoms with Crippen molar-refractivity contribution in [3.8, 4) is 22.9 Å². The predicted octanol–water partition coefficient (Wildman–Crippen LogP) is 6.24. The molecule has 1 heterocycles. The average molecular weight is 547 g/mol. The Morgan fingerprint density at radius 3 is 2.30 bits per heavy atom. The number of nitrogens with zero attached hydrogens (tertiary/aromatic N) is 3. The number of hydrogen-bond donors (Lipinski definition) is 3. The molecule has 3 aromatic carbocycles. The molecule has 0 radical (unpaired) electrons. The Morgan fingerprint density at radius 2 is 1.62 bits per heavy atom. The van der Waals surface area contributed by atoms with Crippen molar-refractivity contribution in [2.75, 3.05) is 56.3 Å². The van der Waals surface area contributed by atoms with Crippen molar-refractivity contribution in [2.45, 2.75) is 20.3 Å². The Morgan fingerprint density at radius 1 is 0.925 bits per heavy atom. The van der Waals surface area contributed by atoms with Crippen LogP contribution < -0.4 is 25.4 Å². The van der Waals surface area contributed by atoms with Gasteiger partial charge in [-0.05, 0) is 68.5 Å². The Hall–Kier alpha value is -4.44. The molecular formula is C30H35FN6O3. The molecule has 40 heavy (non-hydrogen) atoms. The zero-order chi connectivity index (χ0) is 28.5. The van der Waals surface area contributed by atoms with Crippen LogP contribution in [0, 0.1) is 5.82 Å². The van der Waals surface area contributed by atoms with E-state index >= 15 is 0 Å². The van der Waals surface area contributed by atoms with Gasteiger partial charge in [-0.1, -0.05) is 26.0 Å². The summed E-state index contributed by atoms with van der Waals surface area (Å²) in [5.74, 6) is 1.89. The summed E-state index contributed by atoms with van der Waals surface area (Å²) < 4.78 is 24.9. The number of nitrogens with one attached hydrogen (secondary N) is 3. The fourth-order valence-electron chi connectivity index (χ4n) is 4.32. The minimum absolute atomic E-state index is 0.102. The Balaban J connectivity index is 1.56. The van der Waals surface area contributed by atoms with Gasteiger partial charge in [-0.2, -0.15) is 0 Å². The van der Waals surface area contributed by atoms with E-state index < -0.39 is 11.8 Å². The highest BCUT2D eigenvalue weighted by molar-refractivity contribution is 6.00. The smallest absolute Gasteiger partial charge is 0.323 e. The average Bonchev–Trinajstić information content (AvgIpc) is 2.97. The van der Waals surface area contributed by atoms with Gasteiger partial charge in [0.1, 0.15) is 11.6 Å². The monoisotopic (exact) mass is 546 g/mol. The normalized spacial score (nSPS) is 10.9. The van der Waals surface area contributed by atoms with Gasteiger partial charge in [-0.25, -0.2) is 19.2 Å². The molecule has 0 aliphatic heterocycles. The van der Waals surface area contributed by atoms with Gasteiger partial charge in [0.25, 0.3) is 0 Å². The lowest BCUT2D eigenvalue weighted by atomic mass is 10.1. The SMILES string of the molecule is CCN(CC)CCCNc1nc(-c2ccc(NC(=O)Nc3ccccc3F)cc2)nc2cc(OC)c(OC)cc12. The number of ether oxygens (including phenoxy) is 2. The lowest BCUT2D eigenvalue weighted by molar-refractivity contribution is 0.262. The highest BCUT2D eigenvalue weighted by Gasteiger charge is 2.15. The zero-order valence-electron chi connectivity index (χ0n) is 23.3. The van der Waals surface area contributed by atoms with Crippen LogP contribution in [0.4, 0.5) is 26.4 Å². The second kappa shape index (κ2) is 13.6. The minimum atomic E-state index is -0.544. The van der Waals surface area contributed by atoms with Crippen LogP contribution in [-0.4, -0.2) is 61.3 Å². The number of benzene rings is 3.